The van der Waals surface area contributed by atoms with Crippen LogP contribution in [0, 0.1) is 15.9 Å². The lowest BCUT2D eigenvalue weighted by molar-refractivity contribution is -0.387. The maximum absolute atomic E-state index is 13.9. The van der Waals surface area contributed by atoms with Crippen molar-refractivity contribution in [2.75, 3.05) is 0 Å². The molecule has 0 N–H and O–H groups in total. The molecule has 0 aliphatic heterocycles. The molecule has 0 radical (unpaired) electrons. The van der Waals surface area contributed by atoms with Crippen molar-refractivity contribution in [2.45, 2.75) is 17.7 Å². The van der Waals surface area contributed by atoms with Crippen molar-refractivity contribution in [3.63, 3.8) is 0 Å². The first-order valence-electron chi connectivity index (χ1n) is 6.20. The third-order valence-corrected chi connectivity index (χ3v) is 4.07. The second-order valence-corrected chi connectivity index (χ2v) is 5.53. The molecule has 0 aromatic heterocycles. The number of hydrogen-bond acceptors (Lipinski definition) is 2. The largest absolute Gasteiger partial charge is 0.305 e. The molecule has 0 aliphatic rings. The number of nitrogens with zero attached hydrogens (tertiary/aromatic N) is 1. The van der Waals surface area contributed by atoms with Gasteiger partial charge in [0.05, 0.1) is 4.92 Å². The number of rotatable bonds is 5. The van der Waals surface area contributed by atoms with Crippen molar-refractivity contribution in [2.24, 2.45) is 0 Å². The molecule has 0 heterocycles. The molecule has 0 bridgehead atoms. The Hall–Kier alpha value is -1.75. The fraction of sp³-hybridized carbons (Fsp3) is 0.200. The van der Waals surface area contributed by atoms with Gasteiger partial charge in [0.25, 0.3) is 0 Å². The lowest BCUT2D eigenvalue weighted by Gasteiger charge is -2.10. The predicted octanol–water partition coefficient (Wildman–Crippen LogP) is 4.80. The maximum Gasteiger partial charge on any atom is 0.305 e. The van der Waals surface area contributed by atoms with Crippen LogP contribution in [0.1, 0.15) is 22.4 Å². The van der Waals surface area contributed by atoms with Crippen molar-refractivity contribution in [3.8, 4) is 0 Å². The smallest absolute Gasteiger partial charge is 0.258 e. The monoisotopic (exact) mass is 337 g/mol. The summed E-state index contributed by atoms with van der Waals surface area (Å²) < 4.78 is 13.9. The van der Waals surface area contributed by atoms with Crippen molar-refractivity contribution >= 4 is 21.6 Å². The molecule has 2 aromatic rings. The van der Waals surface area contributed by atoms with E-state index >= 15 is 0 Å². The van der Waals surface area contributed by atoms with E-state index in [1.165, 1.54) is 12.1 Å². The van der Waals surface area contributed by atoms with Gasteiger partial charge in [0.15, 0.2) is 0 Å². The molecule has 5 heteroatoms. The van der Waals surface area contributed by atoms with E-state index in [0.717, 1.165) is 5.56 Å². The van der Waals surface area contributed by atoms with Crippen LogP contribution >= 0.6 is 15.9 Å². The first-order valence-corrected chi connectivity index (χ1v) is 7.12. The molecule has 2 rings (SSSR count). The maximum atomic E-state index is 13.9. The summed E-state index contributed by atoms with van der Waals surface area (Å²) in [6, 6.07) is 14.1. The third-order valence-electron chi connectivity index (χ3n) is 3.08. The van der Waals surface area contributed by atoms with Crippen LogP contribution in [-0.2, 0) is 6.42 Å². The molecule has 0 saturated carbocycles. The Morgan fingerprint density at radius 3 is 2.50 bits per heavy atom. The van der Waals surface area contributed by atoms with E-state index in [4.69, 9.17) is 0 Å². The number of nitro groups is 1. The molecule has 0 amide bonds. The van der Waals surface area contributed by atoms with Gasteiger partial charge in [-0.05, 0) is 24.0 Å². The number of benzene rings is 2. The van der Waals surface area contributed by atoms with Crippen LogP contribution in [0.4, 0.5) is 10.1 Å². The van der Waals surface area contributed by atoms with E-state index in [0.29, 0.717) is 18.4 Å². The molecule has 1 atom stereocenters. The van der Waals surface area contributed by atoms with Crippen LogP contribution in [-0.4, -0.2) is 4.92 Å². The first kappa shape index (κ1) is 14.7. The molecule has 20 heavy (non-hydrogen) atoms. The molecule has 3 nitrogen and oxygen atoms in total. The summed E-state index contributed by atoms with van der Waals surface area (Å²) in [6.07, 6.45) is 1.11. The lowest BCUT2D eigenvalue weighted by atomic mass is 10.0. The van der Waals surface area contributed by atoms with Gasteiger partial charge in [0, 0.05) is 10.9 Å². The minimum atomic E-state index is -0.731. The number of aryl methyl sites for hydroxylation is 1. The molecular weight excluding hydrogens is 325 g/mol. The summed E-state index contributed by atoms with van der Waals surface area (Å²) in [7, 11) is 0. The Balaban J connectivity index is 2.08. The van der Waals surface area contributed by atoms with Gasteiger partial charge in [-0.3, -0.25) is 10.1 Å². The molecule has 1 unspecified atom stereocenters. The van der Waals surface area contributed by atoms with Crippen molar-refractivity contribution in [3.05, 3.63) is 75.6 Å². The Morgan fingerprint density at radius 1 is 1.15 bits per heavy atom. The predicted molar refractivity (Wildman–Crippen MR) is 79.5 cm³/mol. The van der Waals surface area contributed by atoms with Gasteiger partial charge < -0.3 is 0 Å². The highest BCUT2D eigenvalue weighted by Gasteiger charge is 2.17. The van der Waals surface area contributed by atoms with Crippen molar-refractivity contribution < 1.29 is 9.31 Å². The Labute approximate surface area is 124 Å². The van der Waals surface area contributed by atoms with Gasteiger partial charge in [-0.15, -0.1) is 0 Å². The van der Waals surface area contributed by atoms with Gasteiger partial charge in [0.1, 0.15) is 0 Å². The number of nitro benzene ring substituents is 1. The summed E-state index contributed by atoms with van der Waals surface area (Å²) in [5, 5.41) is 10.7. The summed E-state index contributed by atoms with van der Waals surface area (Å²) in [5.74, 6) is -0.731. The molecule has 2 aromatic carbocycles. The quantitative estimate of drug-likeness (QED) is 0.446. The topological polar surface area (TPSA) is 43.1 Å². The average Bonchev–Trinajstić information content (AvgIpc) is 2.46. The minimum absolute atomic E-state index is 0.0994. The number of hydrogen-bond donors (Lipinski definition) is 0. The van der Waals surface area contributed by atoms with Gasteiger partial charge in [0.2, 0.25) is 5.82 Å². The number of alkyl halides is 1. The van der Waals surface area contributed by atoms with Crippen LogP contribution < -0.4 is 0 Å². The fourth-order valence-corrected chi connectivity index (χ4v) is 2.55. The van der Waals surface area contributed by atoms with E-state index in [9.17, 15) is 14.5 Å². The molecule has 0 spiro atoms. The van der Waals surface area contributed by atoms with E-state index < -0.39 is 16.4 Å². The highest BCUT2D eigenvalue weighted by molar-refractivity contribution is 9.09. The summed E-state index contributed by atoms with van der Waals surface area (Å²) >= 11 is 3.56. The van der Waals surface area contributed by atoms with Crippen molar-refractivity contribution in [1.82, 2.24) is 0 Å². The summed E-state index contributed by atoms with van der Waals surface area (Å²) in [5.41, 5.74) is 1.02. The summed E-state index contributed by atoms with van der Waals surface area (Å²) in [6.45, 7) is 0. The first-order chi connectivity index (χ1) is 9.59. The standard InChI is InChI=1S/C15H13BrFNO2/c16-13(11-5-2-1-3-6-11)10-9-12-7-4-8-14(15(12)17)18(19)20/h1-8,13H,9-10H2. The number of halogens is 2. The Morgan fingerprint density at radius 2 is 1.85 bits per heavy atom. The Kier molecular flexibility index (Phi) is 4.84. The van der Waals surface area contributed by atoms with Crippen LogP contribution in [0.15, 0.2) is 48.5 Å². The normalized spacial score (nSPS) is 12.1. The van der Waals surface area contributed by atoms with Crippen LogP contribution in [0.3, 0.4) is 0 Å². The third kappa shape index (κ3) is 3.42. The second-order valence-electron chi connectivity index (χ2n) is 4.42. The molecule has 104 valence electrons. The fourth-order valence-electron chi connectivity index (χ4n) is 2.01. The van der Waals surface area contributed by atoms with Crippen LogP contribution in [0.5, 0.6) is 0 Å². The molecule has 0 aliphatic carbocycles. The zero-order chi connectivity index (χ0) is 14.5. The molecule has 0 fully saturated rings. The van der Waals surface area contributed by atoms with Gasteiger partial charge >= 0.3 is 5.69 Å². The van der Waals surface area contributed by atoms with Gasteiger partial charge in [-0.25, -0.2) is 0 Å². The molecule has 0 saturated heterocycles. The van der Waals surface area contributed by atoms with E-state index in [2.05, 4.69) is 15.9 Å². The minimum Gasteiger partial charge on any atom is -0.258 e. The van der Waals surface area contributed by atoms with Gasteiger partial charge in [-0.1, -0.05) is 58.4 Å². The highest BCUT2D eigenvalue weighted by atomic mass is 79.9. The average molecular weight is 338 g/mol. The van der Waals surface area contributed by atoms with E-state index in [1.807, 2.05) is 30.3 Å². The zero-order valence-electron chi connectivity index (χ0n) is 10.6. The van der Waals surface area contributed by atoms with Gasteiger partial charge in [-0.2, -0.15) is 4.39 Å². The van der Waals surface area contributed by atoms with E-state index in [1.54, 1.807) is 6.07 Å². The Bertz CT molecular complexity index is 604. The van der Waals surface area contributed by atoms with Crippen molar-refractivity contribution in [1.29, 1.82) is 0 Å². The SMILES string of the molecule is O=[N+]([O-])c1cccc(CCC(Br)c2ccccc2)c1F. The molecular formula is C15H13BrFNO2. The van der Waals surface area contributed by atoms with E-state index in [-0.39, 0.29) is 4.83 Å². The summed E-state index contributed by atoms with van der Waals surface area (Å²) in [4.78, 5) is 10.1. The highest BCUT2D eigenvalue weighted by Crippen LogP contribution is 2.29. The van der Waals surface area contributed by atoms with Crippen LogP contribution in [0.2, 0.25) is 0 Å². The lowest BCUT2D eigenvalue weighted by Crippen LogP contribution is -1.99. The second kappa shape index (κ2) is 6.61. The van der Waals surface area contributed by atoms with Crippen LogP contribution in [0.25, 0.3) is 0 Å². The zero-order valence-corrected chi connectivity index (χ0v) is 12.2.